The molecule has 1 heterocycles. The third kappa shape index (κ3) is 1.97. The smallest absolute Gasteiger partial charge is 0.292 e. The standard InChI is InChI=1S/C14H12N4O2/c15-14-11(5-3-7-13(14)18(19)20)9-17-12-6-2-1-4-10(12)8-16-17/h1-8H,9,15H2. The molecule has 3 rings (SSSR count). The molecular weight excluding hydrogens is 256 g/mol. The molecule has 0 amide bonds. The van der Waals surface area contributed by atoms with E-state index in [4.69, 9.17) is 5.73 Å². The molecule has 0 spiro atoms. The molecular formula is C14H12N4O2. The maximum atomic E-state index is 10.9. The van der Waals surface area contributed by atoms with Gasteiger partial charge in [0.1, 0.15) is 5.69 Å². The number of nitrogen functional groups attached to an aromatic ring is 1. The van der Waals surface area contributed by atoms with Gasteiger partial charge in [-0.15, -0.1) is 0 Å². The molecule has 3 aromatic rings. The Morgan fingerprint density at radius 1 is 1.20 bits per heavy atom. The summed E-state index contributed by atoms with van der Waals surface area (Å²) in [6, 6.07) is 12.6. The van der Waals surface area contributed by atoms with Gasteiger partial charge in [-0.05, 0) is 6.07 Å². The molecule has 0 aliphatic carbocycles. The number of rotatable bonds is 3. The van der Waals surface area contributed by atoms with Gasteiger partial charge in [-0.25, -0.2) is 0 Å². The lowest BCUT2D eigenvalue weighted by Crippen LogP contribution is -2.06. The number of hydrogen-bond acceptors (Lipinski definition) is 4. The minimum absolute atomic E-state index is 0.0704. The molecule has 1 aromatic heterocycles. The van der Waals surface area contributed by atoms with E-state index < -0.39 is 4.92 Å². The zero-order valence-electron chi connectivity index (χ0n) is 10.6. The fourth-order valence-electron chi connectivity index (χ4n) is 2.21. The predicted molar refractivity (Wildman–Crippen MR) is 76.3 cm³/mol. The van der Waals surface area contributed by atoms with Crippen molar-refractivity contribution in [1.29, 1.82) is 0 Å². The lowest BCUT2D eigenvalue weighted by molar-refractivity contribution is -0.383. The molecule has 0 atom stereocenters. The molecule has 100 valence electrons. The second kappa shape index (κ2) is 4.65. The number of nitrogens with two attached hydrogens (primary N) is 1. The van der Waals surface area contributed by atoms with E-state index in [-0.39, 0.29) is 11.4 Å². The molecule has 2 N–H and O–H groups in total. The molecule has 0 aliphatic heterocycles. The monoisotopic (exact) mass is 268 g/mol. The first kappa shape index (κ1) is 12.2. The highest BCUT2D eigenvalue weighted by atomic mass is 16.6. The van der Waals surface area contributed by atoms with Crippen molar-refractivity contribution < 1.29 is 4.92 Å². The minimum Gasteiger partial charge on any atom is -0.393 e. The zero-order chi connectivity index (χ0) is 14.1. The van der Waals surface area contributed by atoms with Crippen LogP contribution in [-0.2, 0) is 6.54 Å². The van der Waals surface area contributed by atoms with E-state index in [0.717, 1.165) is 10.9 Å². The van der Waals surface area contributed by atoms with Crippen molar-refractivity contribution in [3.05, 3.63) is 64.3 Å². The van der Waals surface area contributed by atoms with Crippen LogP contribution in [0.4, 0.5) is 11.4 Å². The summed E-state index contributed by atoms with van der Waals surface area (Å²) in [5.41, 5.74) is 7.64. The van der Waals surface area contributed by atoms with Gasteiger partial charge in [-0.1, -0.05) is 30.3 Å². The van der Waals surface area contributed by atoms with E-state index >= 15 is 0 Å². The molecule has 2 aromatic carbocycles. The summed E-state index contributed by atoms with van der Waals surface area (Å²) in [6.07, 6.45) is 1.77. The quantitative estimate of drug-likeness (QED) is 0.449. The number of nitro groups is 1. The van der Waals surface area contributed by atoms with Crippen LogP contribution in [0.5, 0.6) is 0 Å². The Kier molecular flexibility index (Phi) is 2.83. The molecule has 0 bridgehead atoms. The van der Waals surface area contributed by atoms with Crippen molar-refractivity contribution in [2.75, 3.05) is 5.73 Å². The molecule has 0 saturated heterocycles. The summed E-state index contributed by atoms with van der Waals surface area (Å²) in [6.45, 7) is 0.404. The number of nitrogens with zero attached hydrogens (tertiary/aromatic N) is 3. The van der Waals surface area contributed by atoms with Crippen LogP contribution >= 0.6 is 0 Å². The molecule has 0 aliphatic rings. The maximum absolute atomic E-state index is 10.9. The van der Waals surface area contributed by atoms with Gasteiger partial charge < -0.3 is 5.73 Å². The van der Waals surface area contributed by atoms with E-state index in [1.165, 1.54) is 6.07 Å². The van der Waals surface area contributed by atoms with Crippen molar-refractivity contribution in [3.63, 3.8) is 0 Å². The van der Waals surface area contributed by atoms with Crippen molar-refractivity contribution >= 4 is 22.3 Å². The van der Waals surface area contributed by atoms with Gasteiger partial charge in [0, 0.05) is 17.0 Å². The van der Waals surface area contributed by atoms with Crippen molar-refractivity contribution in [3.8, 4) is 0 Å². The number of aromatic nitrogens is 2. The van der Waals surface area contributed by atoms with Crippen LogP contribution in [0.15, 0.2) is 48.7 Å². The lowest BCUT2D eigenvalue weighted by atomic mass is 10.1. The lowest BCUT2D eigenvalue weighted by Gasteiger charge is -2.07. The largest absolute Gasteiger partial charge is 0.393 e. The van der Waals surface area contributed by atoms with E-state index in [9.17, 15) is 10.1 Å². The number of para-hydroxylation sites is 2. The van der Waals surface area contributed by atoms with E-state index in [2.05, 4.69) is 5.10 Å². The number of anilines is 1. The molecule has 20 heavy (non-hydrogen) atoms. The molecule has 6 heteroatoms. The molecule has 0 fully saturated rings. The number of hydrogen-bond donors (Lipinski definition) is 1. The molecule has 0 unspecified atom stereocenters. The van der Waals surface area contributed by atoms with Crippen LogP contribution in [0, 0.1) is 10.1 Å². The Balaban J connectivity index is 2.03. The van der Waals surface area contributed by atoms with Gasteiger partial charge in [0.2, 0.25) is 0 Å². The Morgan fingerprint density at radius 3 is 2.80 bits per heavy atom. The number of fused-ring (bicyclic) bond motifs is 1. The molecule has 0 saturated carbocycles. The summed E-state index contributed by atoms with van der Waals surface area (Å²) in [5.74, 6) is 0. The highest BCUT2D eigenvalue weighted by Gasteiger charge is 2.15. The molecule has 0 radical (unpaired) electrons. The first-order chi connectivity index (χ1) is 9.66. The van der Waals surface area contributed by atoms with Crippen LogP contribution < -0.4 is 5.73 Å². The topological polar surface area (TPSA) is 87.0 Å². The van der Waals surface area contributed by atoms with Crippen LogP contribution in [0.25, 0.3) is 10.9 Å². The maximum Gasteiger partial charge on any atom is 0.292 e. The SMILES string of the molecule is Nc1c(Cn2ncc3ccccc32)cccc1[N+](=O)[O-]. The van der Waals surface area contributed by atoms with Crippen LogP contribution in [-0.4, -0.2) is 14.7 Å². The highest BCUT2D eigenvalue weighted by molar-refractivity contribution is 5.78. The summed E-state index contributed by atoms with van der Waals surface area (Å²) >= 11 is 0. The van der Waals surface area contributed by atoms with Crippen LogP contribution in [0.2, 0.25) is 0 Å². The normalized spacial score (nSPS) is 10.8. The third-order valence-electron chi connectivity index (χ3n) is 3.24. The van der Waals surface area contributed by atoms with Gasteiger partial charge in [-0.3, -0.25) is 14.8 Å². The summed E-state index contributed by atoms with van der Waals surface area (Å²) in [7, 11) is 0. The molecule has 6 nitrogen and oxygen atoms in total. The Labute approximate surface area is 114 Å². The van der Waals surface area contributed by atoms with Gasteiger partial charge in [0.25, 0.3) is 5.69 Å². The van der Waals surface area contributed by atoms with E-state index in [1.807, 2.05) is 24.3 Å². The predicted octanol–water partition coefficient (Wildman–Crippen LogP) is 2.58. The Bertz CT molecular complexity index is 795. The second-order valence-electron chi connectivity index (χ2n) is 4.47. The summed E-state index contributed by atoms with van der Waals surface area (Å²) in [4.78, 5) is 10.4. The van der Waals surface area contributed by atoms with Crippen molar-refractivity contribution in [2.45, 2.75) is 6.54 Å². The van der Waals surface area contributed by atoms with Crippen LogP contribution in [0.3, 0.4) is 0 Å². The first-order valence-corrected chi connectivity index (χ1v) is 6.09. The average molecular weight is 268 g/mol. The zero-order valence-corrected chi connectivity index (χ0v) is 10.6. The summed E-state index contributed by atoms with van der Waals surface area (Å²) < 4.78 is 1.78. The summed E-state index contributed by atoms with van der Waals surface area (Å²) in [5, 5.41) is 16.2. The Hall–Kier alpha value is -2.89. The first-order valence-electron chi connectivity index (χ1n) is 6.09. The fraction of sp³-hybridized carbons (Fsp3) is 0.0714. The van der Waals surface area contributed by atoms with Crippen molar-refractivity contribution in [2.24, 2.45) is 0 Å². The minimum atomic E-state index is -0.472. The van der Waals surface area contributed by atoms with E-state index in [1.54, 1.807) is 23.0 Å². The number of benzene rings is 2. The number of nitro benzene ring substituents is 1. The average Bonchev–Trinajstić information content (AvgIpc) is 2.84. The van der Waals surface area contributed by atoms with E-state index in [0.29, 0.717) is 12.1 Å². The van der Waals surface area contributed by atoms with Gasteiger partial charge in [0.15, 0.2) is 0 Å². The Morgan fingerprint density at radius 2 is 2.00 bits per heavy atom. The van der Waals surface area contributed by atoms with Gasteiger partial charge in [-0.2, -0.15) is 5.10 Å². The van der Waals surface area contributed by atoms with Crippen LogP contribution in [0.1, 0.15) is 5.56 Å². The third-order valence-corrected chi connectivity index (χ3v) is 3.24. The fourth-order valence-corrected chi connectivity index (χ4v) is 2.21. The second-order valence-corrected chi connectivity index (χ2v) is 4.47. The van der Waals surface area contributed by atoms with Gasteiger partial charge >= 0.3 is 0 Å². The highest BCUT2D eigenvalue weighted by Crippen LogP contribution is 2.26. The van der Waals surface area contributed by atoms with Crippen molar-refractivity contribution in [1.82, 2.24) is 9.78 Å². The van der Waals surface area contributed by atoms with Gasteiger partial charge in [0.05, 0.1) is 23.2 Å².